The lowest BCUT2D eigenvalue weighted by molar-refractivity contribution is -0.385. The van der Waals surface area contributed by atoms with E-state index in [1.807, 2.05) is 0 Å². The average Bonchev–Trinajstić information content (AvgIpc) is 2.97. The number of aliphatic imine (C=N–C) groups is 1. The van der Waals surface area contributed by atoms with Gasteiger partial charge in [-0.25, -0.2) is 4.99 Å². The number of phenols is 1. The van der Waals surface area contributed by atoms with E-state index in [2.05, 4.69) is 10.3 Å². The molecule has 1 aliphatic heterocycles. The Balaban J connectivity index is 1.97. The zero-order valence-electron chi connectivity index (χ0n) is 13.8. The predicted molar refractivity (Wildman–Crippen MR) is 104 cm³/mol. The van der Waals surface area contributed by atoms with Crippen LogP contribution in [-0.2, 0) is 4.79 Å². The van der Waals surface area contributed by atoms with Crippen LogP contribution < -0.4 is 10.1 Å². The number of carbonyl (C=O) groups excluding carboxylic acids is 1. The number of ether oxygens (including phenoxy) is 1. The van der Waals surface area contributed by atoms with E-state index in [1.54, 1.807) is 24.3 Å². The number of hydrogen-bond donors (Lipinski definition) is 2. The van der Waals surface area contributed by atoms with Crippen LogP contribution in [0.1, 0.15) is 5.56 Å². The fourth-order valence-electron chi connectivity index (χ4n) is 2.26. The van der Waals surface area contributed by atoms with Gasteiger partial charge in [-0.3, -0.25) is 14.9 Å². The minimum atomic E-state index is -0.615. The van der Waals surface area contributed by atoms with Crippen molar-refractivity contribution in [1.29, 1.82) is 0 Å². The molecule has 10 heteroatoms. The van der Waals surface area contributed by atoms with Gasteiger partial charge in [-0.2, -0.15) is 0 Å². The number of non-ortho nitro benzene ring substituents is 1. The van der Waals surface area contributed by atoms with Crippen molar-refractivity contribution < 1.29 is 19.6 Å². The van der Waals surface area contributed by atoms with Gasteiger partial charge in [0.05, 0.1) is 33.7 Å². The number of phenolic OH excluding ortho intramolecular Hbond substituents is 1. The Morgan fingerprint density at radius 1 is 1.37 bits per heavy atom. The first-order valence-corrected chi connectivity index (χ1v) is 8.68. The van der Waals surface area contributed by atoms with E-state index < -0.39 is 10.8 Å². The molecule has 2 aromatic rings. The highest BCUT2D eigenvalue weighted by Crippen LogP contribution is 2.38. The molecule has 1 aliphatic rings. The lowest BCUT2D eigenvalue weighted by Crippen LogP contribution is -2.19. The second kappa shape index (κ2) is 7.68. The van der Waals surface area contributed by atoms with Crippen LogP contribution in [0.15, 0.2) is 46.3 Å². The van der Waals surface area contributed by atoms with Crippen LogP contribution in [0.5, 0.6) is 11.5 Å². The molecule has 1 fully saturated rings. The number of nitro benzene ring substituents is 1. The maximum absolute atomic E-state index is 12.2. The monoisotopic (exact) mass is 405 g/mol. The Kier molecular flexibility index (Phi) is 5.33. The average molecular weight is 406 g/mol. The summed E-state index contributed by atoms with van der Waals surface area (Å²) in [6, 6.07) is 9.14. The van der Waals surface area contributed by atoms with Gasteiger partial charge >= 0.3 is 0 Å². The normalized spacial score (nSPS) is 16.6. The largest absolute Gasteiger partial charge is 0.504 e. The molecule has 1 amide bonds. The Hall–Kier alpha value is -3.04. The second-order valence-electron chi connectivity index (χ2n) is 5.28. The van der Waals surface area contributed by atoms with Crippen molar-refractivity contribution in [3.05, 3.63) is 62.0 Å². The highest BCUT2D eigenvalue weighted by molar-refractivity contribution is 8.18. The molecule has 2 N–H and O–H groups in total. The van der Waals surface area contributed by atoms with Crippen LogP contribution in [0.2, 0.25) is 5.02 Å². The zero-order chi connectivity index (χ0) is 19.6. The van der Waals surface area contributed by atoms with Crippen molar-refractivity contribution in [3.8, 4) is 11.5 Å². The van der Waals surface area contributed by atoms with Gasteiger partial charge in [0.1, 0.15) is 0 Å². The molecule has 3 rings (SSSR count). The SMILES string of the molecule is COc1cc([N+](=O)[O-])cc(/C=C2/SC(=Nc3ccccc3Cl)NC2=O)c1O. The summed E-state index contributed by atoms with van der Waals surface area (Å²) in [7, 11) is 1.28. The highest BCUT2D eigenvalue weighted by Gasteiger charge is 2.25. The van der Waals surface area contributed by atoms with Gasteiger partial charge in [-0.15, -0.1) is 0 Å². The number of thioether (sulfide) groups is 1. The first kappa shape index (κ1) is 18.7. The topological polar surface area (TPSA) is 114 Å². The second-order valence-corrected chi connectivity index (χ2v) is 6.71. The van der Waals surface area contributed by atoms with Gasteiger partial charge in [0.15, 0.2) is 16.7 Å². The number of nitrogens with one attached hydrogen (secondary N) is 1. The summed E-state index contributed by atoms with van der Waals surface area (Å²) in [4.78, 5) is 27.1. The van der Waals surface area contributed by atoms with Crippen molar-refractivity contribution in [1.82, 2.24) is 5.32 Å². The maximum atomic E-state index is 12.2. The first-order valence-electron chi connectivity index (χ1n) is 7.48. The molecule has 0 aliphatic carbocycles. The third kappa shape index (κ3) is 4.04. The van der Waals surface area contributed by atoms with Gasteiger partial charge in [0.25, 0.3) is 11.6 Å². The Bertz CT molecular complexity index is 1010. The Morgan fingerprint density at radius 2 is 2.11 bits per heavy atom. The van der Waals surface area contributed by atoms with E-state index >= 15 is 0 Å². The molecule has 0 radical (unpaired) electrons. The van der Waals surface area contributed by atoms with Gasteiger partial charge in [0, 0.05) is 11.6 Å². The number of hydrogen-bond acceptors (Lipinski definition) is 7. The van der Waals surface area contributed by atoms with Gasteiger partial charge in [-0.1, -0.05) is 23.7 Å². The van der Waals surface area contributed by atoms with E-state index in [-0.39, 0.29) is 27.7 Å². The molecule has 0 unspecified atom stereocenters. The van der Waals surface area contributed by atoms with Crippen molar-refractivity contribution in [2.24, 2.45) is 4.99 Å². The molecule has 27 heavy (non-hydrogen) atoms. The molecular weight excluding hydrogens is 394 g/mol. The molecule has 2 aromatic carbocycles. The zero-order valence-corrected chi connectivity index (χ0v) is 15.4. The fraction of sp³-hybridized carbons (Fsp3) is 0.0588. The summed E-state index contributed by atoms with van der Waals surface area (Å²) < 4.78 is 4.95. The van der Waals surface area contributed by atoms with Gasteiger partial charge in [-0.05, 0) is 30.0 Å². The Labute approximate surface area is 162 Å². The molecule has 8 nitrogen and oxygen atoms in total. The van der Waals surface area contributed by atoms with Crippen LogP contribution in [0, 0.1) is 10.1 Å². The number of carbonyl (C=O) groups is 1. The quantitative estimate of drug-likeness (QED) is 0.453. The summed E-state index contributed by atoms with van der Waals surface area (Å²) in [5.41, 5.74) is 0.297. The molecule has 1 saturated heterocycles. The molecule has 1 heterocycles. The number of amidine groups is 1. The minimum Gasteiger partial charge on any atom is -0.504 e. The van der Waals surface area contributed by atoms with E-state index in [0.717, 1.165) is 23.9 Å². The molecule has 0 atom stereocenters. The van der Waals surface area contributed by atoms with Crippen molar-refractivity contribution in [2.75, 3.05) is 7.11 Å². The van der Waals surface area contributed by atoms with Crippen molar-refractivity contribution in [3.63, 3.8) is 0 Å². The predicted octanol–water partition coefficient (Wildman–Crippen LogP) is 3.85. The van der Waals surface area contributed by atoms with Crippen LogP contribution >= 0.6 is 23.4 Å². The van der Waals surface area contributed by atoms with Crippen LogP contribution in [0.3, 0.4) is 0 Å². The molecular formula is C17H12ClN3O5S. The summed E-state index contributed by atoms with van der Waals surface area (Å²) in [5, 5.41) is 24.6. The first-order chi connectivity index (χ1) is 12.9. The number of aromatic hydroxyl groups is 1. The lowest BCUT2D eigenvalue weighted by Gasteiger charge is -2.06. The van der Waals surface area contributed by atoms with E-state index in [9.17, 15) is 20.0 Å². The number of nitrogens with zero attached hydrogens (tertiary/aromatic N) is 2. The lowest BCUT2D eigenvalue weighted by atomic mass is 10.1. The number of halogens is 1. The summed E-state index contributed by atoms with van der Waals surface area (Å²) >= 11 is 7.08. The van der Waals surface area contributed by atoms with E-state index in [0.29, 0.717) is 15.9 Å². The third-order valence-corrected chi connectivity index (χ3v) is 4.76. The van der Waals surface area contributed by atoms with Crippen LogP contribution in [-0.4, -0.2) is 28.2 Å². The highest BCUT2D eigenvalue weighted by atomic mass is 35.5. The van der Waals surface area contributed by atoms with Crippen molar-refractivity contribution >= 4 is 51.9 Å². The summed E-state index contributed by atoms with van der Waals surface area (Å²) in [6.07, 6.45) is 1.33. The minimum absolute atomic E-state index is 0.0654. The standard InChI is InChI=1S/C17H12ClN3O5S/c1-26-13-8-10(21(24)25)6-9(15(13)22)7-14-16(23)20-17(27-14)19-12-5-3-2-4-11(12)18/h2-8,22H,1H3,(H,19,20,23)/b14-7+. The van der Waals surface area contributed by atoms with Crippen LogP contribution in [0.4, 0.5) is 11.4 Å². The molecule has 138 valence electrons. The number of para-hydroxylation sites is 1. The number of benzene rings is 2. The number of amides is 1. The Morgan fingerprint density at radius 3 is 2.78 bits per heavy atom. The fourth-order valence-corrected chi connectivity index (χ4v) is 3.26. The van der Waals surface area contributed by atoms with E-state index in [4.69, 9.17) is 16.3 Å². The van der Waals surface area contributed by atoms with Gasteiger partial charge in [0.2, 0.25) is 0 Å². The number of nitro groups is 1. The van der Waals surface area contributed by atoms with E-state index in [1.165, 1.54) is 13.2 Å². The molecule has 0 bridgehead atoms. The van der Waals surface area contributed by atoms with Crippen LogP contribution in [0.25, 0.3) is 6.08 Å². The molecule has 0 spiro atoms. The molecule has 0 aromatic heterocycles. The number of rotatable bonds is 4. The molecule has 0 saturated carbocycles. The summed E-state index contributed by atoms with van der Waals surface area (Å²) in [6.45, 7) is 0. The smallest absolute Gasteiger partial charge is 0.274 e. The maximum Gasteiger partial charge on any atom is 0.274 e. The summed E-state index contributed by atoms with van der Waals surface area (Å²) in [5.74, 6) is -0.819. The van der Waals surface area contributed by atoms with Crippen molar-refractivity contribution in [2.45, 2.75) is 0 Å². The van der Waals surface area contributed by atoms with Gasteiger partial charge < -0.3 is 15.2 Å². The number of methoxy groups -OCH3 is 1. The third-order valence-electron chi connectivity index (χ3n) is 3.53.